The van der Waals surface area contributed by atoms with Crippen LogP contribution >= 0.6 is 11.3 Å². The van der Waals surface area contributed by atoms with Gasteiger partial charge in [-0.1, -0.05) is 0 Å². The summed E-state index contributed by atoms with van der Waals surface area (Å²) in [5, 5.41) is 17.4. The van der Waals surface area contributed by atoms with Crippen molar-refractivity contribution in [2.75, 3.05) is 17.2 Å². The molecule has 36 heavy (non-hydrogen) atoms. The summed E-state index contributed by atoms with van der Waals surface area (Å²) in [6.45, 7) is 4.06. The van der Waals surface area contributed by atoms with Gasteiger partial charge in [0.05, 0.1) is 21.7 Å². The van der Waals surface area contributed by atoms with Crippen molar-refractivity contribution in [1.29, 1.82) is 0 Å². The van der Waals surface area contributed by atoms with Crippen LogP contribution < -0.4 is 10.6 Å². The van der Waals surface area contributed by atoms with Gasteiger partial charge in [-0.3, -0.25) is 4.98 Å². The van der Waals surface area contributed by atoms with Crippen molar-refractivity contribution in [3.05, 3.63) is 23.7 Å². The zero-order valence-electron chi connectivity index (χ0n) is 20.6. The van der Waals surface area contributed by atoms with Crippen LogP contribution in [0.1, 0.15) is 69.2 Å². The summed E-state index contributed by atoms with van der Waals surface area (Å²) in [4.78, 5) is 19.2. The van der Waals surface area contributed by atoms with E-state index in [0.717, 1.165) is 64.3 Å². The van der Waals surface area contributed by atoms with Crippen LogP contribution in [0.25, 0.3) is 20.8 Å². The Morgan fingerprint density at radius 1 is 1.17 bits per heavy atom. The van der Waals surface area contributed by atoms with Gasteiger partial charge in [0.2, 0.25) is 11.9 Å². The first-order valence-electron chi connectivity index (χ1n) is 13.0. The van der Waals surface area contributed by atoms with Gasteiger partial charge in [0.15, 0.2) is 0 Å². The van der Waals surface area contributed by atoms with Gasteiger partial charge in [-0.05, 0) is 63.9 Å². The molecule has 3 aliphatic carbocycles. The van der Waals surface area contributed by atoms with E-state index in [1.807, 2.05) is 26.1 Å². The minimum Gasteiger partial charge on any atom is -0.396 e. The predicted molar refractivity (Wildman–Crippen MR) is 138 cm³/mol. The summed E-state index contributed by atoms with van der Waals surface area (Å²) < 4.78 is 27.9. The number of alkyl halides is 2. The number of nitrogens with zero attached hydrogens (tertiary/aromatic N) is 4. The molecule has 3 aliphatic rings. The number of halogens is 2. The molecule has 3 heterocycles. The summed E-state index contributed by atoms with van der Waals surface area (Å²) in [6, 6.07) is 2.06. The number of pyridine rings is 1. The summed E-state index contributed by atoms with van der Waals surface area (Å²) in [5.74, 6) is -0.710. The second-order valence-corrected chi connectivity index (χ2v) is 11.9. The molecule has 0 radical (unpaired) electrons. The largest absolute Gasteiger partial charge is 0.396 e. The highest BCUT2D eigenvalue weighted by molar-refractivity contribution is 7.21. The van der Waals surface area contributed by atoms with Gasteiger partial charge < -0.3 is 15.7 Å². The molecule has 3 N–H and O–H groups in total. The molecule has 0 amide bonds. The highest BCUT2D eigenvalue weighted by Gasteiger charge is 2.47. The number of aliphatic hydroxyl groups is 1. The molecule has 3 saturated carbocycles. The number of aliphatic hydroxyl groups excluding tert-OH is 1. The summed E-state index contributed by atoms with van der Waals surface area (Å²) >= 11 is 1.62. The highest BCUT2D eigenvalue weighted by atomic mass is 32.1. The highest BCUT2D eigenvalue weighted by Crippen LogP contribution is 2.46. The second kappa shape index (κ2) is 9.13. The third-order valence-electron chi connectivity index (χ3n) is 7.93. The smallest absolute Gasteiger partial charge is 0.248 e. The second-order valence-electron chi connectivity index (χ2n) is 10.9. The molecule has 0 spiro atoms. The maximum atomic E-state index is 13.4. The Bertz CT molecular complexity index is 1270. The number of nitrogens with one attached hydrogen (secondary N) is 2. The SMILES string of the molecule is Cc1nc(NC(C)C2CC(F)(F)C2)nc(N[C@H]2CC[C@@H](CO)C2)c1-c1nc2c(C3CC3)nccc2s1. The lowest BCUT2D eigenvalue weighted by molar-refractivity contribution is -0.113. The summed E-state index contributed by atoms with van der Waals surface area (Å²) in [7, 11) is 0. The first kappa shape index (κ1) is 23.9. The van der Waals surface area contributed by atoms with Gasteiger partial charge >= 0.3 is 0 Å². The van der Waals surface area contributed by atoms with Crippen molar-refractivity contribution in [2.45, 2.75) is 82.7 Å². The number of fused-ring (bicyclic) bond motifs is 1. The van der Waals surface area contributed by atoms with E-state index in [-0.39, 0.29) is 37.5 Å². The van der Waals surface area contributed by atoms with Crippen molar-refractivity contribution in [3.63, 3.8) is 0 Å². The maximum absolute atomic E-state index is 13.4. The predicted octanol–water partition coefficient (Wildman–Crippen LogP) is 5.75. The van der Waals surface area contributed by atoms with Gasteiger partial charge in [-0.15, -0.1) is 11.3 Å². The standard InChI is InChI=1S/C26H32F2N6OS/c1-13(17-10-26(27,28)11-17)30-25-31-14(2)20(23(34-25)32-18-6-3-15(9-18)12-35)24-33-22-19(36-24)7-8-29-21(22)16-4-5-16/h7-8,13,15-18,35H,3-6,9-12H2,1-2H3,(H2,30,31,32,34)/t13?,15-,18+/m1/s1. The lowest BCUT2D eigenvalue weighted by atomic mass is 9.77. The Morgan fingerprint density at radius 3 is 2.67 bits per heavy atom. The number of rotatable bonds is 8. The van der Waals surface area contributed by atoms with Crippen LogP contribution in [0.3, 0.4) is 0 Å². The van der Waals surface area contributed by atoms with E-state index in [0.29, 0.717) is 23.6 Å². The molecule has 3 aromatic rings. The van der Waals surface area contributed by atoms with Gasteiger partial charge in [0.1, 0.15) is 16.3 Å². The molecule has 0 bridgehead atoms. The van der Waals surface area contributed by atoms with Crippen LogP contribution in [0.15, 0.2) is 12.3 Å². The average molecular weight is 515 g/mol. The van der Waals surface area contributed by atoms with Crippen LogP contribution in [0, 0.1) is 18.8 Å². The minimum atomic E-state index is -2.55. The average Bonchev–Trinajstić information content (AvgIpc) is 3.41. The molecule has 6 rings (SSSR count). The fourth-order valence-corrected chi connectivity index (χ4v) is 6.65. The number of thiazole rings is 1. The number of anilines is 2. The molecule has 3 aromatic heterocycles. The normalized spacial score (nSPS) is 24.6. The van der Waals surface area contributed by atoms with Crippen molar-refractivity contribution in [2.24, 2.45) is 11.8 Å². The fraction of sp³-hybridized carbons (Fsp3) is 0.615. The lowest BCUT2D eigenvalue weighted by Gasteiger charge is -2.39. The van der Waals surface area contributed by atoms with Crippen LogP contribution in [-0.4, -0.2) is 49.7 Å². The van der Waals surface area contributed by atoms with E-state index in [2.05, 4.69) is 15.6 Å². The molecular formula is C26H32F2N6OS. The summed E-state index contributed by atoms with van der Waals surface area (Å²) in [6.07, 6.45) is 6.80. The Balaban J connectivity index is 1.34. The van der Waals surface area contributed by atoms with Gasteiger partial charge in [-0.2, -0.15) is 4.98 Å². The summed E-state index contributed by atoms with van der Waals surface area (Å²) in [5.41, 5.74) is 3.71. The third-order valence-corrected chi connectivity index (χ3v) is 8.97. The Kier molecular flexibility index (Phi) is 6.06. The van der Waals surface area contributed by atoms with Crippen molar-refractivity contribution < 1.29 is 13.9 Å². The number of aryl methyl sites for hydroxylation is 1. The fourth-order valence-electron chi connectivity index (χ4n) is 5.58. The van der Waals surface area contributed by atoms with Crippen molar-refractivity contribution >= 4 is 33.3 Å². The van der Waals surface area contributed by atoms with Gasteiger partial charge in [0, 0.05) is 43.6 Å². The topological polar surface area (TPSA) is 95.9 Å². The Morgan fingerprint density at radius 2 is 1.97 bits per heavy atom. The van der Waals surface area contributed by atoms with Crippen LogP contribution in [0.2, 0.25) is 0 Å². The molecule has 1 unspecified atom stereocenters. The molecule has 0 aromatic carbocycles. The van der Waals surface area contributed by atoms with Crippen LogP contribution in [0.4, 0.5) is 20.5 Å². The van der Waals surface area contributed by atoms with E-state index in [9.17, 15) is 13.9 Å². The molecule has 7 nitrogen and oxygen atoms in total. The van der Waals surface area contributed by atoms with E-state index in [4.69, 9.17) is 15.0 Å². The quantitative estimate of drug-likeness (QED) is 0.352. The van der Waals surface area contributed by atoms with E-state index in [1.54, 1.807) is 11.3 Å². The van der Waals surface area contributed by atoms with E-state index in [1.165, 1.54) is 0 Å². The lowest BCUT2D eigenvalue weighted by Crippen LogP contribution is -2.44. The molecule has 0 aliphatic heterocycles. The maximum Gasteiger partial charge on any atom is 0.248 e. The Hall–Kier alpha value is -2.46. The van der Waals surface area contributed by atoms with E-state index < -0.39 is 5.92 Å². The third kappa shape index (κ3) is 4.65. The minimum absolute atomic E-state index is 0.0993. The Labute approximate surface area is 213 Å². The molecule has 3 fully saturated rings. The van der Waals surface area contributed by atoms with Gasteiger partial charge in [0.25, 0.3) is 0 Å². The number of hydrogen-bond acceptors (Lipinski definition) is 8. The van der Waals surface area contributed by atoms with Crippen molar-refractivity contribution in [3.8, 4) is 10.6 Å². The first-order valence-corrected chi connectivity index (χ1v) is 13.8. The molecule has 0 saturated heterocycles. The van der Waals surface area contributed by atoms with E-state index >= 15 is 0 Å². The number of hydrogen-bond donors (Lipinski definition) is 3. The first-order chi connectivity index (χ1) is 17.3. The zero-order valence-corrected chi connectivity index (χ0v) is 21.4. The monoisotopic (exact) mass is 514 g/mol. The van der Waals surface area contributed by atoms with Crippen LogP contribution in [-0.2, 0) is 0 Å². The molecule has 10 heteroatoms. The number of aromatic nitrogens is 4. The molecular weight excluding hydrogens is 482 g/mol. The van der Waals surface area contributed by atoms with Gasteiger partial charge in [-0.25, -0.2) is 18.7 Å². The molecule has 3 atom stereocenters. The van der Waals surface area contributed by atoms with Crippen LogP contribution in [0.5, 0.6) is 0 Å². The molecule has 192 valence electrons. The van der Waals surface area contributed by atoms with Crippen molar-refractivity contribution in [1.82, 2.24) is 19.9 Å². The zero-order chi connectivity index (χ0) is 25.0.